The number of amides is 1. The van der Waals surface area contributed by atoms with Crippen molar-refractivity contribution < 1.29 is 14.3 Å². The lowest BCUT2D eigenvalue weighted by Gasteiger charge is -2.38. The van der Waals surface area contributed by atoms with E-state index >= 15 is 0 Å². The summed E-state index contributed by atoms with van der Waals surface area (Å²) in [5.41, 5.74) is 1.87. The van der Waals surface area contributed by atoms with Gasteiger partial charge in [-0.05, 0) is 29.7 Å². The third-order valence-electron chi connectivity index (χ3n) is 5.53. The molecule has 5 heteroatoms. The second kappa shape index (κ2) is 8.68. The molecule has 5 nitrogen and oxygen atoms in total. The quantitative estimate of drug-likeness (QED) is 0.824. The molecule has 138 valence electrons. The first-order valence-electron chi connectivity index (χ1n) is 9.58. The second-order valence-corrected chi connectivity index (χ2v) is 6.92. The van der Waals surface area contributed by atoms with Crippen molar-refractivity contribution in [3.63, 3.8) is 0 Å². The van der Waals surface area contributed by atoms with Crippen molar-refractivity contribution in [3.05, 3.63) is 29.3 Å². The predicted octanol–water partition coefficient (Wildman–Crippen LogP) is 2.49. The zero-order chi connectivity index (χ0) is 17.6. The summed E-state index contributed by atoms with van der Waals surface area (Å²) in [5, 5.41) is 3.17. The lowest BCUT2D eigenvalue weighted by Crippen LogP contribution is -2.52. The Bertz CT molecular complexity index is 580. The van der Waals surface area contributed by atoms with Gasteiger partial charge in [0.05, 0.1) is 19.8 Å². The van der Waals surface area contributed by atoms with Crippen LogP contribution in [0, 0.1) is 5.92 Å². The fourth-order valence-corrected chi connectivity index (χ4v) is 3.96. The number of carbonyl (C=O) groups excluding carboxylic acids is 1. The van der Waals surface area contributed by atoms with Gasteiger partial charge < -0.3 is 14.8 Å². The van der Waals surface area contributed by atoms with Gasteiger partial charge in [-0.3, -0.25) is 9.69 Å². The maximum absolute atomic E-state index is 12.6. The topological polar surface area (TPSA) is 50.8 Å². The van der Waals surface area contributed by atoms with E-state index in [1.807, 2.05) is 18.2 Å². The standard InChI is InChI=1S/C20H30N2O3/c1-3-15(4-2)18(22-8-11-24-12-9-22)14-21-20(23)17-5-6-19-16(13-17)7-10-25-19/h5-6,13,15,18H,3-4,7-12,14H2,1-2H3,(H,21,23). The van der Waals surface area contributed by atoms with E-state index in [9.17, 15) is 4.79 Å². The van der Waals surface area contributed by atoms with Crippen LogP contribution in [0.5, 0.6) is 5.75 Å². The summed E-state index contributed by atoms with van der Waals surface area (Å²) in [6.07, 6.45) is 3.15. The third kappa shape index (κ3) is 4.33. The van der Waals surface area contributed by atoms with Gasteiger partial charge in [-0.15, -0.1) is 0 Å². The zero-order valence-electron chi connectivity index (χ0n) is 15.4. The molecule has 0 radical (unpaired) electrons. The van der Waals surface area contributed by atoms with Crippen LogP contribution in [0.2, 0.25) is 0 Å². The summed E-state index contributed by atoms with van der Waals surface area (Å²) in [4.78, 5) is 15.1. The molecule has 2 heterocycles. The van der Waals surface area contributed by atoms with Gasteiger partial charge in [0.25, 0.3) is 5.91 Å². The molecule has 1 atom stereocenters. The Morgan fingerprint density at radius 2 is 1.96 bits per heavy atom. The molecule has 25 heavy (non-hydrogen) atoms. The maximum atomic E-state index is 12.6. The molecule has 1 fully saturated rings. The highest BCUT2D eigenvalue weighted by molar-refractivity contribution is 5.94. The van der Waals surface area contributed by atoms with Crippen molar-refractivity contribution in [1.29, 1.82) is 0 Å². The van der Waals surface area contributed by atoms with Gasteiger partial charge in [-0.1, -0.05) is 26.7 Å². The molecule has 2 aliphatic heterocycles. The SMILES string of the molecule is CCC(CC)C(CNC(=O)c1ccc2c(c1)CCO2)N1CCOCC1. The number of carbonyl (C=O) groups is 1. The number of nitrogens with one attached hydrogen (secondary N) is 1. The molecule has 1 aromatic carbocycles. The van der Waals surface area contributed by atoms with E-state index in [0.29, 0.717) is 25.1 Å². The lowest BCUT2D eigenvalue weighted by molar-refractivity contribution is 0.00191. The average Bonchev–Trinajstić information content (AvgIpc) is 3.13. The van der Waals surface area contributed by atoms with Crippen LogP contribution in [-0.4, -0.2) is 56.3 Å². The molecule has 1 aromatic rings. The van der Waals surface area contributed by atoms with Crippen molar-refractivity contribution in [2.75, 3.05) is 39.5 Å². The van der Waals surface area contributed by atoms with Crippen LogP contribution in [0.15, 0.2) is 18.2 Å². The molecule has 0 spiro atoms. The van der Waals surface area contributed by atoms with Gasteiger partial charge in [0.2, 0.25) is 0 Å². The average molecular weight is 346 g/mol. The predicted molar refractivity (Wildman–Crippen MR) is 98.2 cm³/mol. The number of morpholine rings is 1. The van der Waals surface area contributed by atoms with Crippen LogP contribution in [0.3, 0.4) is 0 Å². The normalized spacial score (nSPS) is 18.7. The van der Waals surface area contributed by atoms with Crippen LogP contribution < -0.4 is 10.1 Å². The number of hydrogen-bond acceptors (Lipinski definition) is 4. The minimum Gasteiger partial charge on any atom is -0.493 e. The largest absolute Gasteiger partial charge is 0.493 e. The maximum Gasteiger partial charge on any atom is 0.251 e. The van der Waals surface area contributed by atoms with Crippen LogP contribution in [-0.2, 0) is 11.2 Å². The molecule has 0 aliphatic carbocycles. The fourth-order valence-electron chi connectivity index (χ4n) is 3.96. The fraction of sp³-hybridized carbons (Fsp3) is 0.650. The van der Waals surface area contributed by atoms with Crippen LogP contribution in [0.1, 0.15) is 42.6 Å². The summed E-state index contributed by atoms with van der Waals surface area (Å²) in [6.45, 7) is 9.37. The van der Waals surface area contributed by atoms with E-state index in [0.717, 1.165) is 62.4 Å². The molecule has 0 saturated carbocycles. The highest BCUT2D eigenvalue weighted by Crippen LogP contribution is 2.26. The van der Waals surface area contributed by atoms with Crippen molar-refractivity contribution in [2.24, 2.45) is 5.92 Å². The lowest BCUT2D eigenvalue weighted by atomic mass is 9.92. The first-order chi connectivity index (χ1) is 12.2. The monoisotopic (exact) mass is 346 g/mol. The first kappa shape index (κ1) is 18.2. The number of nitrogens with zero attached hydrogens (tertiary/aromatic N) is 1. The van der Waals surface area contributed by atoms with Gasteiger partial charge in [-0.2, -0.15) is 0 Å². The van der Waals surface area contributed by atoms with Crippen molar-refractivity contribution in [1.82, 2.24) is 10.2 Å². The van der Waals surface area contributed by atoms with Gasteiger partial charge >= 0.3 is 0 Å². The molecular weight excluding hydrogens is 316 g/mol. The van der Waals surface area contributed by atoms with Crippen molar-refractivity contribution >= 4 is 5.91 Å². The summed E-state index contributed by atoms with van der Waals surface area (Å²) < 4.78 is 11.0. The Balaban J connectivity index is 1.64. The number of ether oxygens (including phenoxy) is 2. The minimum atomic E-state index is 0.0129. The number of rotatable bonds is 7. The van der Waals surface area contributed by atoms with Crippen LogP contribution in [0.25, 0.3) is 0 Å². The van der Waals surface area contributed by atoms with Crippen molar-refractivity contribution in [2.45, 2.75) is 39.2 Å². The van der Waals surface area contributed by atoms with Gasteiger partial charge in [0, 0.05) is 37.7 Å². The van der Waals surface area contributed by atoms with E-state index in [4.69, 9.17) is 9.47 Å². The number of fused-ring (bicyclic) bond motifs is 1. The highest BCUT2D eigenvalue weighted by Gasteiger charge is 2.27. The molecule has 0 bridgehead atoms. The Kier molecular flexibility index (Phi) is 6.32. The molecule has 3 rings (SSSR count). The number of hydrogen-bond donors (Lipinski definition) is 1. The first-order valence-corrected chi connectivity index (χ1v) is 9.58. The van der Waals surface area contributed by atoms with Gasteiger partial charge in [-0.25, -0.2) is 0 Å². The van der Waals surface area contributed by atoms with E-state index in [2.05, 4.69) is 24.1 Å². The smallest absolute Gasteiger partial charge is 0.251 e. The summed E-state index contributed by atoms with van der Waals surface area (Å²) >= 11 is 0. The third-order valence-corrected chi connectivity index (χ3v) is 5.53. The molecule has 2 aliphatic rings. The van der Waals surface area contributed by atoms with Gasteiger partial charge in [0.15, 0.2) is 0 Å². The Morgan fingerprint density at radius 1 is 1.20 bits per heavy atom. The molecule has 1 unspecified atom stereocenters. The second-order valence-electron chi connectivity index (χ2n) is 6.92. The highest BCUT2D eigenvalue weighted by atomic mass is 16.5. The van der Waals surface area contributed by atoms with E-state index in [-0.39, 0.29) is 5.91 Å². The minimum absolute atomic E-state index is 0.0129. The molecular formula is C20H30N2O3. The van der Waals surface area contributed by atoms with E-state index in [1.54, 1.807) is 0 Å². The van der Waals surface area contributed by atoms with Gasteiger partial charge in [0.1, 0.15) is 5.75 Å². The van der Waals surface area contributed by atoms with E-state index in [1.165, 1.54) is 0 Å². The van der Waals surface area contributed by atoms with E-state index < -0.39 is 0 Å². The summed E-state index contributed by atoms with van der Waals surface area (Å²) in [7, 11) is 0. The Labute approximate surface area is 150 Å². The Hall–Kier alpha value is -1.59. The molecule has 1 saturated heterocycles. The van der Waals surface area contributed by atoms with Crippen molar-refractivity contribution in [3.8, 4) is 5.75 Å². The van der Waals surface area contributed by atoms with Crippen LogP contribution >= 0.6 is 0 Å². The molecule has 1 N–H and O–H groups in total. The summed E-state index contributed by atoms with van der Waals surface area (Å²) in [5.74, 6) is 1.52. The molecule has 0 aromatic heterocycles. The number of benzene rings is 1. The Morgan fingerprint density at radius 3 is 2.68 bits per heavy atom. The molecule has 1 amide bonds. The summed E-state index contributed by atoms with van der Waals surface area (Å²) in [6, 6.07) is 6.12. The zero-order valence-corrected chi connectivity index (χ0v) is 15.4. The van der Waals surface area contributed by atoms with Crippen LogP contribution in [0.4, 0.5) is 0 Å².